The number of ether oxygens (including phenoxy) is 1. The molecule has 0 unspecified atom stereocenters. The summed E-state index contributed by atoms with van der Waals surface area (Å²) in [7, 11) is 0. The molecule has 0 saturated carbocycles. The molecular formula is C16H15F2N3O4. The number of carbonyl (C=O) groups excluding carboxylic acids is 1. The molecule has 0 bridgehead atoms. The van der Waals surface area contributed by atoms with E-state index >= 15 is 0 Å². The van der Waals surface area contributed by atoms with Crippen LogP contribution in [0.5, 0.6) is 5.75 Å². The van der Waals surface area contributed by atoms with Crippen LogP contribution < -0.4 is 10.3 Å². The second kappa shape index (κ2) is 6.98. The van der Waals surface area contributed by atoms with Gasteiger partial charge in [-0.15, -0.1) is 0 Å². The molecule has 25 heavy (non-hydrogen) atoms. The standard InChI is InChI=1S/C16H15F2N3O4/c17-9-3-10(18)5-11(4-9)25-14-1-2-21(8-13(14)22)16(24)12-6-19-7-15(23)20-12/h3-7,13-14,22H,1-2,8H2,(H,20,23)/t13-,14-/m1/s1. The summed E-state index contributed by atoms with van der Waals surface area (Å²) in [6.07, 6.45) is 0.777. The van der Waals surface area contributed by atoms with Crippen LogP contribution in [0.3, 0.4) is 0 Å². The topological polar surface area (TPSA) is 95.5 Å². The zero-order valence-corrected chi connectivity index (χ0v) is 13.0. The van der Waals surface area contributed by atoms with Crippen molar-refractivity contribution in [2.45, 2.75) is 18.6 Å². The number of likely N-dealkylation sites (tertiary alicyclic amines) is 1. The fourth-order valence-corrected chi connectivity index (χ4v) is 2.66. The first-order valence-electron chi connectivity index (χ1n) is 7.57. The number of aliphatic hydroxyl groups is 1. The lowest BCUT2D eigenvalue weighted by molar-refractivity contribution is -0.0202. The first-order chi connectivity index (χ1) is 11.9. The number of hydrogen-bond acceptors (Lipinski definition) is 5. The van der Waals surface area contributed by atoms with E-state index in [1.807, 2.05) is 0 Å². The minimum Gasteiger partial charge on any atom is -0.487 e. The highest BCUT2D eigenvalue weighted by molar-refractivity contribution is 5.92. The Bertz CT molecular complexity index is 822. The number of rotatable bonds is 3. The Morgan fingerprint density at radius 1 is 1.28 bits per heavy atom. The second-order valence-corrected chi connectivity index (χ2v) is 5.68. The van der Waals surface area contributed by atoms with Crippen molar-refractivity contribution in [3.05, 3.63) is 58.3 Å². The molecule has 9 heteroatoms. The van der Waals surface area contributed by atoms with Gasteiger partial charge in [0.2, 0.25) is 0 Å². The van der Waals surface area contributed by atoms with Gasteiger partial charge < -0.3 is 19.7 Å². The van der Waals surface area contributed by atoms with Gasteiger partial charge >= 0.3 is 0 Å². The molecular weight excluding hydrogens is 336 g/mol. The molecule has 1 fully saturated rings. The van der Waals surface area contributed by atoms with Crippen molar-refractivity contribution in [1.82, 2.24) is 14.9 Å². The predicted molar refractivity (Wildman–Crippen MR) is 82.2 cm³/mol. The summed E-state index contributed by atoms with van der Waals surface area (Å²) in [5.41, 5.74) is -0.482. The molecule has 0 spiro atoms. The van der Waals surface area contributed by atoms with Gasteiger partial charge in [-0.3, -0.25) is 14.6 Å². The molecule has 1 aromatic carbocycles. The highest BCUT2D eigenvalue weighted by Gasteiger charge is 2.32. The lowest BCUT2D eigenvalue weighted by Crippen LogP contribution is -2.51. The molecule has 1 aromatic heterocycles. The number of hydrogen-bond donors (Lipinski definition) is 2. The maximum Gasteiger partial charge on any atom is 0.272 e. The smallest absolute Gasteiger partial charge is 0.272 e. The first kappa shape index (κ1) is 17.0. The van der Waals surface area contributed by atoms with Crippen LogP contribution in [0.1, 0.15) is 16.9 Å². The summed E-state index contributed by atoms with van der Waals surface area (Å²) >= 11 is 0. The van der Waals surface area contributed by atoms with Gasteiger partial charge in [0.1, 0.15) is 35.3 Å². The zero-order chi connectivity index (χ0) is 18.0. The van der Waals surface area contributed by atoms with Crippen LogP contribution in [-0.4, -0.2) is 51.2 Å². The van der Waals surface area contributed by atoms with E-state index in [0.717, 1.165) is 24.4 Å². The van der Waals surface area contributed by atoms with E-state index in [9.17, 15) is 23.5 Å². The molecule has 0 aliphatic carbocycles. The number of aromatic nitrogens is 2. The Morgan fingerprint density at radius 2 is 2.00 bits per heavy atom. The van der Waals surface area contributed by atoms with Gasteiger partial charge in [0.15, 0.2) is 0 Å². The molecule has 2 N–H and O–H groups in total. The summed E-state index contributed by atoms with van der Waals surface area (Å²) < 4.78 is 31.8. The zero-order valence-electron chi connectivity index (χ0n) is 13.0. The molecule has 2 heterocycles. The normalized spacial score (nSPS) is 20.4. The molecule has 1 saturated heterocycles. The van der Waals surface area contributed by atoms with E-state index in [0.29, 0.717) is 0 Å². The maximum absolute atomic E-state index is 13.2. The number of piperidine rings is 1. The lowest BCUT2D eigenvalue weighted by Gasteiger charge is -2.35. The number of carbonyl (C=O) groups is 1. The average molecular weight is 351 g/mol. The van der Waals surface area contributed by atoms with Crippen molar-refractivity contribution in [3.63, 3.8) is 0 Å². The summed E-state index contributed by atoms with van der Waals surface area (Å²) in [6.45, 7) is 0.202. The van der Waals surface area contributed by atoms with Gasteiger partial charge in [-0.25, -0.2) is 8.78 Å². The van der Waals surface area contributed by atoms with Crippen molar-refractivity contribution in [2.24, 2.45) is 0 Å². The molecule has 3 rings (SSSR count). The Morgan fingerprint density at radius 3 is 2.64 bits per heavy atom. The quantitative estimate of drug-likeness (QED) is 0.849. The monoisotopic (exact) mass is 351 g/mol. The highest BCUT2D eigenvalue weighted by atomic mass is 19.1. The third-order valence-corrected chi connectivity index (χ3v) is 3.81. The molecule has 132 valence electrons. The number of nitrogens with one attached hydrogen (secondary N) is 1. The largest absolute Gasteiger partial charge is 0.487 e. The first-order valence-corrected chi connectivity index (χ1v) is 7.57. The molecule has 7 nitrogen and oxygen atoms in total. The number of benzene rings is 1. The van der Waals surface area contributed by atoms with Gasteiger partial charge in [0, 0.05) is 31.2 Å². The van der Waals surface area contributed by atoms with Crippen molar-refractivity contribution in [1.29, 1.82) is 0 Å². The van der Waals surface area contributed by atoms with Gasteiger partial charge in [-0.1, -0.05) is 0 Å². The van der Waals surface area contributed by atoms with Crippen LogP contribution >= 0.6 is 0 Å². The van der Waals surface area contributed by atoms with Gasteiger partial charge in [-0.05, 0) is 0 Å². The minimum atomic E-state index is -1.05. The Kier molecular flexibility index (Phi) is 4.75. The number of nitrogens with zero attached hydrogens (tertiary/aromatic N) is 2. The molecule has 1 aliphatic rings. The van der Waals surface area contributed by atoms with Crippen LogP contribution in [0.4, 0.5) is 8.78 Å². The summed E-state index contributed by atoms with van der Waals surface area (Å²) in [6, 6.07) is 2.76. The fraction of sp³-hybridized carbons (Fsp3) is 0.312. The second-order valence-electron chi connectivity index (χ2n) is 5.68. The van der Waals surface area contributed by atoms with Crippen molar-refractivity contribution in [3.8, 4) is 5.75 Å². The van der Waals surface area contributed by atoms with E-state index in [-0.39, 0.29) is 31.0 Å². The SMILES string of the molecule is O=C(c1cncc(=O)[nH]1)N1CC[C@@H](Oc2cc(F)cc(F)c2)[C@H](O)C1. The number of H-pyrrole nitrogens is 1. The summed E-state index contributed by atoms with van der Waals surface area (Å²) in [5.74, 6) is -2.06. The van der Waals surface area contributed by atoms with Gasteiger partial charge in [0.25, 0.3) is 11.5 Å². The van der Waals surface area contributed by atoms with Gasteiger partial charge in [0.05, 0.1) is 18.9 Å². The fourth-order valence-electron chi connectivity index (χ4n) is 2.66. The Hall–Kier alpha value is -2.81. The van der Waals surface area contributed by atoms with Crippen LogP contribution in [0.15, 0.2) is 35.4 Å². The molecule has 0 radical (unpaired) electrons. The summed E-state index contributed by atoms with van der Waals surface area (Å²) in [5, 5.41) is 10.2. The third kappa shape index (κ3) is 4.00. The van der Waals surface area contributed by atoms with Crippen LogP contribution in [0.2, 0.25) is 0 Å². The molecule has 1 amide bonds. The Labute approximate surface area is 140 Å². The van der Waals surface area contributed by atoms with Crippen molar-refractivity contribution < 1.29 is 23.4 Å². The van der Waals surface area contributed by atoms with E-state index < -0.39 is 35.3 Å². The van der Waals surface area contributed by atoms with Gasteiger partial charge in [-0.2, -0.15) is 0 Å². The number of aromatic amines is 1. The van der Waals surface area contributed by atoms with Crippen LogP contribution in [0.25, 0.3) is 0 Å². The summed E-state index contributed by atoms with van der Waals surface area (Å²) in [4.78, 5) is 30.9. The third-order valence-electron chi connectivity index (χ3n) is 3.81. The predicted octanol–water partition coefficient (Wildman–Crippen LogP) is 0.702. The van der Waals surface area contributed by atoms with Crippen molar-refractivity contribution >= 4 is 5.91 Å². The lowest BCUT2D eigenvalue weighted by atomic mass is 10.0. The maximum atomic E-state index is 13.2. The van der Waals surface area contributed by atoms with Crippen LogP contribution in [0, 0.1) is 11.6 Å². The van der Waals surface area contributed by atoms with E-state index in [2.05, 4.69) is 9.97 Å². The van der Waals surface area contributed by atoms with Crippen molar-refractivity contribution in [2.75, 3.05) is 13.1 Å². The number of aliphatic hydroxyl groups excluding tert-OH is 1. The molecule has 1 aliphatic heterocycles. The number of amides is 1. The van der Waals surface area contributed by atoms with E-state index in [1.165, 1.54) is 11.1 Å². The van der Waals surface area contributed by atoms with E-state index in [1.54, 1.807) is 0 Å². The molecule has 2 atom stereocenters. The molecule has 2 aromatic rings. The van der Waals surface area contributed by atoms with Crippen LogP contribution in [-0.2, 0) is 0 Å². The number of β-amino-alcohol motifs (C(OH)–C–C–N with tert-alkyl or cyclic N) is 1. The average Bonchev–Trinajstić information content (AvgIpc) is 2.55. The highest BCUT2D eigenvalue weighted by Crippen LogP contribution is 2.22. The number of halogens is 2. The minimum absolute atomic E-state index is 0.0197. The van der Waals surface area contributed by atoms with E-state index in [4.69, 9.17) is 4.74 Å². The Balaban J connectivity index is 1.66.